The van der Waals surface area contributed by atoms with Crippen LogP contribution in [-0.4, -0.2) is 61.4 Å². The summed E-state index contributed by atoms with van der Waals surface area (Å²) in [6, 6.07) is 13.6. The van der Waals surface area contributed by atoms with E-state index in [4.69, 9.17) is 14.5 Å². The zero-order valence-corrected chi connectivity index (χ0v) is 19.1. The Kier molecular flexibility index (Phi) is 6.17. The van der Waals surface area contributed by atoms with Crippen molar-refractivity contribution in [2.45, 2.75) is 24.0 Å². The minimum Gasteiger partial charge on any atom is -0.482 e. The third-order valence-corrected chi connectivity index (χ3v) is 6.70. The van der Waals surface area contributed by atoms with Crippen LogP contribution in [-0.2, 0) is 4.79 Å². The van der Waals surface area contributed by atoms with Crippen LogP contribution in [0.2, 0.25) is 0 Å². The second-order valence-corrected chi connectivity index (χ2v) is 9.32. The molecule has 2 unspecified atom stereocenters. The average molecular weight is 444 g/mol. The van der Waals surface area contributed by atoms with Gasteiger partial charge < -0.3 is 14.4 Å². The summed E-state index contributed by atoms with van der Waals surface area (Å²) >= 11 is 3.22. The maximum Gasteiger partial charge on any atom is 0.273 e. The van der Waals surface area contributed by atoms with Crippen molar-refractivity contribution in [1.29, 1.82) is 0 Å². The Morgan fingerprint density at radius 2 is 1.87 bits per heavy atom. The van der Waals surface area contributed by atoms with Crippen molar-refractivity contribution in [3.05, 3.63) is 42.5 Å². The fourth-order valence-electron chi connectivity index (χ4n) is 3.28. The van der Waals surface area contributed by atoms with Gasteiger partial charge in [0.05, 0.1) is 10.2 Å². The molecule has 30 heavy (non-hydrogen) atoms. The van der Waals surface area contributed by atoms with Gasteiger partial charge in [0.25, 0.3) is 5.91 Å². The number of likely N-dealkylation sites (N-methyl/N-ethyl adjacent to an activating group) is 1. The van der Waals surface area contributed by atoms with Crippen LogP contribution in [0.3, 0.4) is 0 Å². The van der Waals surface area contributed by atoms with E-state index in [1.807, 2.05) is 51.4 Å². The van der Waals surface area contributed by atoms with E-state index in [9.17, 15) is 4.79 Å². The SMILES string of the molecule is CSc1ccc2nc(N(CCN(C)C)C(=O)C3Oc4ccccc4OC3C)sc2c1. The summed E-state index contributed by atoms with van der Waals surface area (Å²) in [5.74, 6) is 1.12. The molecule has 1 aliphatic heterocycles. The molecule has 2 aromatic carbocycles. The number of fused-ring (bicyclic) bond motifs is 2. The summed E-state index contributed by atoms with van der Waals surface area (Å²) in [6.07, 6.45) is 0.929. The van der Waals surface area contributed by atoms with Gasteiger partial charge in [-0.05, 0) is 57.6 Å². The predicted molar refractivity (Wildman–Crippen MR) is 123 cm³/mol. The molecule has 6 nitrogen and oxygen atoms in total. The predicted octanol–water partition coefficient (Wildman–Crippen LogP) is 4.14. The Bertz CT molecular complexity index is 1050. The highest BCUT2D eigenvalue weighted by Crippen LogP contribution is 2.36. The Hall–Kier alpha value is -2.29. The summed E-state index contributed by atoms with van der Waals surface area (Å²) in [5.41, 5.74) is 0.898. The summed E-state index contributed by atoms with van der Waals surface area (Å²) in [6.45, 7) is 3.11. The van der Waals surface area contributed by atoms with Gasteiger partial charge in [-0.25, -0.2) is 4.98 Å². The van der Waals surface area contributed by atoms with Crippen LogP contribution in [0.4, 0.5) is 5.13 Å². The lowest BCUT2D eigenvalue weighted by atomic mass is 10.1. The topological polar surface area (TPSA) is 54.9 Å². The molecular formula is C22H25N3O3S2. The second kappa shape index (κ2) is 8.83. The molecule has 0 aliphatic carbocycles. The van der Waals surface area contributed by atoms with Crippen molar-refractivity contribution in [2.24, 2.45) is 0 Å². The van der Waals surface area contributed by atoms with Crippen molar-refractivity contribution in [2.75, 3.05) is 38.3 Å². The molecule has 0 spiro atoms. The molecule has 0 fully saturated rings. The largest absolute Gasteiger partial charge is 0.482 e. The fraction of sp³-hybridized carbons (Fsp3) is 0.364. The maximum absolute atomic E-state index is 13.6. The minimum absolute atomic E-state index is 0.136. The zero-order valence-electron chi connectivity index (χ0n) is 17.5. The number of nitrogens with zero attached hydrogens (tertiary/aromatic N) is 3. The van der Waals surface area contributed by atoms with Gasteiger partial charge in [0, 0.05) is 18.0 Å². The standard InChI is InChI=1S/C22H25N3O3S2/c1-14-20(28-18-8-6-5-7-17(18)27-14)21(26)25(12-11-24(2)3)22-23-16-10-9-15(29-4)13-19(16)30-22/h5-10,13-14,20H,11-12H2,1-4H3. The lowest BCUT2D eigenvalue weighted by Crippen LogP contribution is -2.52. The number of carbonyl (C=O) groups is 1. The third kappa shape index (κ3) is 4.26. The zero-order chi connectivity index (χ0) is 21.3. The highest BCUT2D eigenvalue weighted by Gasteiger charge is 2.38. The summed E-state index contributed by atoms with van der Waals surface area (Å²) in [7, 11) is 3.98. The van der Waals surface area contributed by atoms with Crippen LogP contribution < -0.4 is 14.4 Å². The number of para-hydroxylation sites is 2. The lowest BCUT2D eigenvalue weighted by molar-refractivity contribution is -0.130. The summed E-state index contributed by atoms with van der Waals surface area (Å²) in [5, 5.41) is 0.685. The van der Waals surface area contributed by atoms with Crippen molar-refractivity contribution in [3.8, 4) is 11.5 Å². The molecular weight excluding hydrogens is 418 g/mol. The molecule has 8 heteroatoms. The maximum atomic E-state index is 13.6. The van der Waals surface area contributed by atoms with Gasteiger partial charge in [-0.1, -0.05) is 23.5 Å². The summed E-state index contributed by atoms with van der Waals surface area (Å²) < 4.78 is 13.1. The smallest absolute Gasteiger partial charge is 0.273 e. The molecule has 2 atom stereocenters. The van der Waals surface area contributed by atoms with Gasteiger partial charge >= 0.3 is 0 Å². The molecule has 2 heterocycles. The first-order valence-electron chi connectivity index (χ1n) is 9.79. The average Bonchev–Trinajstić information content (AvgIpc) is 3.15. The Balaban J connectivity index is 1.66. The van der Waals surface area contributed by atoms with Crippen molar-refractivity contribution in [1.82, 2.24) is 9.88 Å². The highest BCUT2D eigenvalue weighted by atomic mass is 32.2. The van der Waals surface area contributed by atoms with Crippen molar-refractivity contribution >= 4 is 44.4 Å². The molecule has 158 valence electrons. The molecule has 3 aromatic rings. The molecule has 1 aliphatic rings. The van der Waals surface area contributed by atoms with E-state index in [0.29, 0.717) is 23.2 Å². The van der Waals surface area contributed by atoms with Crippen LogP contribution in [0.5, 0.6) is 11.5 Å². The number of anilines is 1. The van der Waals surface area contributed by atoms with Gasteiger partial charge in [0.15, 0.2) is 16.6 Å². The van der Waals surface area contributed by atoms with Crippen LogP contribution in [0.1, 0.15) is 6.92 Å². The number of hydrogen-bond acceptors (Lipinski definition) is 7. The number of carbonyl (C=O) groups excluding carboxylic acids is 1. The number of thioether (sulfide) groups is 1. The minimum atomic E-state index is -0.726. The number of aromatic nitrogens is 1. The van der Waals surface area contributed by atoms with Crippen molar-refractivity contribution in [3.63, 3.8) is 0 Å². The van der Waals surface area contributed by atoms with Crippen LogP contribution in [0.15, 0.2) is 47.4 Å². The third-order valence-electron chi connectivity index (χ3n) is 4.94. The van der Waals surface area contributed by atoms with Gasteiger partial charge in [-0.3, -0.25) is 9.69 Å². The van der Waals surface area contributed by atoms with Gasteiger partial charge in [-0.2, -0.15) is 0 Å². The molecule has 0 N–H and O–H groups in total. The number of ether oxygens (including phenoxy) is 2. The van der Waals surface area contributed by atoms with E-state index in [-0.39, 0.29) is 5.91 Å². The first-order valence-corrected chi connectivity index (χ1v) is 11.8. The number of hydrogen-bond donors (Lipinski definition) is 0. The van der Waals surface area contributed by atoms with Crippen molar-refractivity contribution < 1.29 is 14.3 Å². The molecule has 1 aromatic heterocycles. The van der Waals surface area contributed by atoms with E-state index in [0.717, 1.165) is 16.8 Å². The van der Waals surface area contributed by atoms with Crippen LogP contribution >= 0.6 is 23.1 Å². The molecule has 4 rings (SSSR count). The molecule has 1 amide bonds. The monoisotopic (exact) mass is 443 g/mol. The van der Waals surface area contributed by atoms with E-state index in [2.05, 4.69) is 23.3 Å². The van der Waals surface area contributed by atoms with Crippen LogP contribution in [0, 0.1) is 0 Å². The van der Waals surface area contributed by atoms with E-state index >= 15 is 0 Å². The fourth-order valence-corrected chi connectivity index (χ4v) is 4.83. The van der Waals surface area contributed by atoms with E-state index < -0.39 is 12.2 Å². The van der Waals surface area contributed by atoms with Crippen LogP contribution in [0.25, 0.3) is 10.2 Å². The number of rotatable bonds is 6. The summed E-state index contributed by atoms with van der Waals surface area (Å²) in [4.78, 5) is 23.3. The second-order valence-electron chi connectivity index (χ2n) is 7.43. The molecule has 0 bridgehead atoms. The van der Waals surface area contributed by atoms with Gasteiger partial charge in [0.1, 0.15) is 6.10 Å². The van der Waals surface area contributed by atoms with Gasteiger partial charge in [-0.15, -0.1) is 11.8 Å². The molecule has 0 saturated heterocycles. The van der Waals surface area contributed by atoms with Gasteiger partial charge in [0.2, 0.25) is 6.10 Å². The molecule has 0 radical (unpaired) electrons. The quantitative estimate of drug-likeness (QED) is 0.534. The molecule has 0 saturated carbocycles. The normalized spacial score (nSPS) is 18.0. The lowest BCUT2D eigenvalue weighted by Gasteiger charge is -2.34. The van der Waals surface area contributed by atoms with E-state index in [1.54, 1.807) is 16.7 Å². The first kappa shape index (κ1) is 21.0. The number of benzene rings is 2. The Morgan fingerprint density at radius 3 is 2.57 bits per heavy atom. The Labute approximate surface area is 184 Å². The number of amides is 1. The highest BCUT2D eigenvalue weighted by molar-refractivity contribution is 7.98. The van der Waals surface area contributed by atoms with E-state index in [1.165, 1.54) is 16.2 Å². The number of thiazole rings is 1. The first-order chi connectivity index (χ1) is 14.5. The Morgan fingerprint density at radius 1 is 1.13 bits per heavy atom.